The fraction of sp³-hybridized carbons (Fsp3) is 0.360. The summed E-state index contributed by atoms with van der Waals surface area (Å²) >= 11 is 0. The number of nitrogens with zero attached hydrogens (tertiary/aromatic N) is 2. The van der Waals surface area contributed by atoms with Gasteiger partial charge in [0.15, 0.2) is 11.5 Å². The normalized spacial score (nSPS) is 18.2. The van der Waals surface area contributed by atoms with Gasteiger partial charge in [-0.15, -0.1) is 0 Å². The Bertz CT molecular complexity index is 1150. The van der Waals surface area contributed by atoms with Gasteiger partial charge in [-0.25, -0.2) is 4.68 Å². The van der Waals surface area contributed by atoms with Gasteiger partial charge in [-0.1, -0.05) is 19.9 Å². The minimum absolute atomic E-state index is 0.0188. The van der Waals surface area contributed by atoms with E-state index in [1.807, 2.05) is 53.3 Å². The zero-order chi connectivity index (χ0) is 22.3. The minimum atomic E-state index is -0.0812. The number of carbonyl (C=O) groups is 1. The van der Waals surface area contributed by atoms with Gasteiger partial charge in [-0.3, -0.25) is 4.79 Å². The van der Waals surface area contributed by atoms with Crippen LogP contribution in [-0.2, 0) is 17.6 Å². The van der Waals surface area contributed by atoms with E-state index in [-0.39, 0.29) is 30.6 Å². The lowest BCUT2D eigenvalue weighted by molar-refractivity contribution is -0.121. The summed E-state index contributed by atoms with van der Waals surface area (Å²) < 4.78 is 18.0. The van der Waals surface area contributed by atoms with Gasteiger partial charge in [-0.2, -0.15) is 5.10 Å². The van der Waals surface area contributed by atoms with Gasteiger partial charge in [0.25, 0.3) is 0 Å². The summed E-state index contributed by atoms with van der Waals surface area (Å²) in [5.41, 5.74) is 4.14. The highest BCUT2D eigenvalue weighted by atomic mass is 16.7. The summed E-state index contributed by atoms with van der Waals surface area (Å²) in [5, 5.41) is 7.91. The number of amides is 1. The van der Waals surface area contributed by atoms with Crippen molar-refractivity contribution in [3.63, 3.8) is 0 Å². The van der Waals surface area contributed by atoms with Crippen LogP contribution < -0.4 is 19.5 Å². The minimum Gasteiger partial charge on any atom is -0.497 e. The average Bonchev–Trinajstić information content (AvgIpc) is 3.39. The van der Waals surface area contributed by atoms with Crippen molar-refractivity contribution in [2.75, 3.05) is 13.9 Å². The molecule has 0 bridgehead atoms. The van der Waals surface area contributed by atoms with E-state index in [1.165, 1.54) is 0 Å². The lowest BCUT2D eigenvalue weighted by Crippen LogP contribution is -2.37. The van der Waals surface area contributed by atoms with E-state index in [0.717, 1.165) is 46.8 Å². The fourth-order valence-electron chi connectivity index (χ4n) is 4.60. The number of rotatable bonds is 5. The van der Waals surface area contributed by atoms with E-state index in [9.17, 15) is 4.79 Å². The van der Waals surface area contributed by atoms with Gasteiger partial charge in [0, 0.05) is 5.56 Å². The molecule has 1 N–H and O–H groups in total. The molecule has 1 aliphatic carbocycles. The number of benzene rings is 2. The third-order valence-corrected chi connectivity index (χ3v) is 6.13. The van der Waals surface area contributed by atoms with Gasteiger partial charge in [0.05, 0.1) is 37.2 Å². The van der Waals surface area contributed by atoms with Crippen molar-refractivity contribution >= 4 is 5.91 Å². The van der Waals surface area contributed by atoms with Crippen molar-refractivity contribution < 1.29 is 19.0 Å². The Morgan fingerprint density at radius 2 is 1.97 bits per heavy atom. The maximum Gasteiger partial charge on any atom is 0.231 e. The van der Waals surface area contributed by atoms with E-state index in [2.05, 4.69) is 24.3 Å². The molecule has 1 aromatic heterocycles. The van der Waals surface area contributed by atoms with Crippen molar-refractivity contribution in [2.45, 2.75) is 39.2 Å². The van der Waals surface area contributed by atoms with Crippen molar-refractivity contribution in [3.8, 4) is 22.9 Å². The van der Waals surface area contributed by atoms with E-state index < -0.39 is 0 Å². The third-order valence-electron chi connectivity index (χ3n) is 6.13. The summed E-state index contributed by atoms with van der Waals surface area (Å²) in [6, 6.07) is 13.4. The van der Waals surface area contributed by atoms with Crippen LogP contribution in [0.1, 0.15) is 43.1 Å². The van der Waals surface area contributed by atoms with Crippen molar-refractivity contribution in [3.05, 3.63) is 65.5 Å². The lowest BCUT2D eigenvalue weighted by atomic mass is 9.74. The van der Waals surface area contributed by atoms with Gasteiger partial charge in [0.2, 0.25) is 12.7 Å². The number of fused-ring (bicyclic) bond motifs is 2. The number of carbonyl (C=O) groups excluding carboxylic acids is 1. The molecule has 0 saturated carbocycles. The Kier molecular flexibility index (Phi) is 5.04. The number of aromatic nitrogens is 2. The second-order valence-electron chi connectivity index (χ2n) is 9.19. The smallest absolute Gasteiger partial charge is 0.231 e. The summed E-state index contributed by atoms with van der Waals surface area (Å²) in [5.74, 6) is 2.20. The Balaban J connectivity index is 1.37. The SMILES string of the molecule is COc1ccc(-n2ncc3c2CC(C)(C)CC3NC(=O)Cc2ccc3c(c2)OCO3)cc1. The van der Waals surface area contributed by atoms with Gasteiger partial charge < -0.3 is 19.5 Å². The summed E-state index contributed by atoms with van der Waals surface area (Å²) in [7, 11) is 1.66. The highest BCUT2D eigenvalue weighted by molar-refractivity contribution is 5.79. The Morgan fingerprint density at radius 3 is 2.75 bits per heavy atom. The molecular weight excluding hydrogens is 406 g/mol. The molecular formula is C25H27N3O4. The van der Waals surface area contributed by atoms with Crippen LogP contribution in [0.25, 0.3) is 5.69 Å². The second kappa shape index (κ2) is 7.89. The van der Waals surface area contributed by atoms with E-state index in [0.29, 0.717) is 5.75 Å². The molecule has 3 aromatic rings. The van der Waals surface area contributed by atoms with Gasteiger partial charge >= 0.3 is 0 Å². The van der Waals surface area contributed by atoms with Crippen LogP contribution in [0.2, 0.25) is 0 Å². The molecule has 7 heteroatoms. The van der Waals surface area contributed by atoms with Gasteiger partial charge in [-0.05, 0) is 60.2 Å². The zero-order valence-corrected chi connectivity index (χ0v) is 18.6. The first-order valence-corrected chi connectivity index (χ1v) is 10.8. The Hall–Kier alpha value is -3.48. The lowest BCUT2D eigenvalue weighted by Gasteiger charge is -2.36. The molecule has 0 saturated heterocycles. The van der Waals surface area contributed by atoms with Crippen LogP contribution >= 0.6 is 0 Å². The molecule has 2 aromatic carbocycles. The Morgan fingerprint density at radius 1 is 1.19 bits per heavy atom. The maximum atomic E-state index is 12.9. The maximum absolute atomic E-state index is 12.9. The number of methoxy groups -OCH3 is 1. The molecule has 2 heterocycles. The van der Waals surface area contributed by atoms with Crippen LogP contribution in [0.15, 0.2) is 48.7 Å². The van der Waals surface area contributed by atoms with Crippen molar-refractivity contribution in [1.82, 2.24) is 15.1 Å². The molecule has 7 nitrogen and oxygen atoms in total. The molecule has 1 amide bonds. The van der Waals surface area contributed by atoms with Gasteiger partial charge in [0.1, 0.15) is 5.75 Å². The molecule has 32 heavy (non-hydrogen) atoms. The molecule has 1 atom stereocenters. The topological polar surface area (TPSA) is 74.6 Å². The molecule has 0 radical (unpaired) electrons. The Labute approximate surface area is 187 Å². The standard InChI is InChI=1S/C25H27N3O4/c1-25(2)12-20(27-24(29)11-16-4-9-22-23(10-16)32-15-31-22)19-14-26-28(21(19)13-25)17-5-7-18(30-3)8-6-17/h4-10,14,20H,11-13,15H2,1-3H3,(H,27,29). The van der Waals surface area contributed by atoms with Crippen molar-refractivity contribution in [2.24, 2.45) is 5.41 Å². The molecule has 0 spiro atoms. The average molecular weight is 434 g/mol. The number of ether oxygens (including phenoxy) is 3. The van der Waals surface area contributed by atoms with E-state index in [1.54, 1.807) is 7.11 Å². The van der Waals surface area contributed by atoms with Crippen LogP contribution in [0.5, 0.6) is 17.2 Å². The molecule has 2 aliphatic rings. The molecule has 1 unspecified atom stereocenters. The second-order valence-corrected chi connectivity index (χ2v) is 9.19. The predicted molar refractivity (Wildman–Crippen MR) is 119 cm³/mol. The van der Waals surface area contributed by atoms with Crippen LogP contribution in [0.4, 0.5) is 0 Å². The monoisotopic (exact) mass is 433 g/mol. The van der Waals surface area contributed by atoms with Crippen LogP contribution in [0, 0.1) is 5.41 Å². The zero-order valence-electron chi connectivity index (χ0n) is 18.6. The molecule has 5 rings (SSSR count). The largest absolute Gasteiger partial charge is 0.497 e. The first-order chi connectivity index (χ1) is 15.4. The highest BCUT2D eigenvalue weighted by Crippen LogP contribution is 2.41. The summed E-state index contributed by atoms with van der Waals surface area (Å²) in [6.07, 6.45) is 3.93. The third kappa shape index (κ3) is 3.90. The highest BCUT2D eigenvalue weighted by Gasteiger charge is 2.36. The van der Waals surface area contributed by atoms with E-state index in [4.69, 9.17) is 14.2 Å². The van der Waals surface area contributed by atoms with Crippen molar-refractivity contribution in [1.29, 1.82) is 0 Å². The number of hydrogen-bond acceptors (Lipinski definition) is 5. The summed E-state index contributed by atoms with van der Waals surface area (Å²) in [4.78, 5) is 12.9. The predicted octanol–water partition coefficient (Wildman–Crippen LogP) is 3.98. The quantitative estimate of drug-likeness (QED) is 0.659. The first-order valence-electron chi connectivity index (χ1n) is 10.8. The van der Waals surface area contributed by atoms with Crippen LogP contribution in [-0.4, -0.2) is 29.6 Å². The molecule has 0 fully saturated rings. The van der Waals surface area contributed by atoms with Crippen LogP contribution in [0.3, 0.4) is 0 Å². The first kappa shape index (κ1) is 20.4. The fourth-order valence-corrected chi connectivity index (χ4v) is 4.60. The molecule has 166 valence electrons. The number of nitrogens with one attached hydrogen (secondary N) is 1. The van der Waals surface area contributed by atoms with E-state index >= 15 is 0 Å². The summed E-state index contributed by atoms with van der Waals surface area (Å²) in [6.45, 7) is 4.69. The molecule has 1 aliphatic heterocycles. The number of hydrogen-bond donors (Lipinski definition) is 1.